The zero-order valence-electron chi connectivity index (χ0n) is 19.4. The summed E-state index contributed by atoms with van der Waals surface area (Å²) in [6, 6.07) is 14.7. The third kappa shape index (κ3) is 7.14. The quantitative estimate of drug-likeness (QED) is 0.411. The summed E-state index contributed by atoms with van der Waals surface area (Å²) in [6.07, 6.45) is 2.48. The van der Waals surface area contributed by atoms with Crippen LogP contribution in [0.3, 0.4) is 0 Å². The molecular formula is C25H36N4O3. The molecule has 0 bridgehead atoms. The largest absolute Gasteiger partial charge is 0.493 e. The molecule has 2 aromatic rings. The summed E-state index contributed by atoms with van der Waals surface area (Å²) in [6.45, 7) is 4.36. The lowest BCUT2D eigenvalue weighted by Gasteiger charge is -2.29. The predicted molar refractivity (Wildman–Crippen MR) is 128 cm³/mol. The summed E-state index contributed by atoms with van der Waals surface area (Å²) in [7, 11) is 5.07. The molecule has 1 heterocycles. The number of guanidine groups is 1. The van der Waals surface area contributed by atoms with E-state index in [2.05, 4.69) is 44.8 Å². The molecule has 1 fully saturated rings. The van der Waals surface area contributed by atoms with Crippen molar-refractivity contribution in [2.24, 2.45) is 4.99 Å². The normalized spacial score (nSPS) is 15.4. The Morgan fingerprint density at radius 3 is 2.28 bits per heavy atom. The molecule has 0 aromatic heterocycles. The predicted octanol–water partition coefficient (Wildman–Crippen LogP) is 2.57. The van der Waals surface area contributed by atoms with Gasteiger partial charge in [0.1, 0.15) is 0 Å². The lowest BCUT2D eigenvalue weighted by molar-refractivity contribution is 0.0792. The first-order chi connectivity index (χ1) is 15.6. The Hall–Kier alpha value is -2.77. The minimum Gasteiger partial charge on any atom is -0.493 e. The summed E-state index contributed by atoms with van der Waals surface area (Å²) in [4.78, 5) is 6.73. The van der Waals surface area contributed by atoms with Crippen molar-refractivity contribution in [1.82, 2.24) is 15.5 Å². The molecule has 1 saturated heterocycles. The van der Waals surface area contributed by atoms with Gasteiger partial charge < -0.3 is 25.2 Å². The van der Waals surface area contributed by atoms with Crippen LogP contribution in [0.1, 0.15) is 29.5 Å². The van der Waals surface area contributed by atoms with E-state index in [4.69, 9.17) is 9.47 Å². The first-order valence-corrected chi connectivity index (χ1v) is 11.2. The van der Waals surface area contributed by atoms with Crippen molar-refractivity contribution >= 4 is 5.96 Å². The molecule has 32 heavy (non-hydrogen) atoms. The van der Waals surface area contributed by atoms with Crippen LogP contribution in [-0.4, -0.2) is 63.0 Å². The van der Waals surface area contributed by atoms with Crippen LogP contribution in [0.25, 0.3) is 0 Å². The number of rotatable bonds is 9. The Balaban J connectivity index is 1.41. The van der Waals surface area contributed by atoms with Gasteiger partial charge in [-0.15, -0.1) is 0 Å². The number of ether oxygens (including phenoxy) is 2. The molecule has 7 nitrogen and oxygen atoms in total. The maximum Gasteiger partial charge on any atom is 0.191 e. The van der Waals surface area contributed by atoms with Gasteiger partial charge in [-0.2, -0.15) is 0 Å². The molecule has 0 amide bonds. The number of likely N-dealkylation sites (tertiary alicyclic amines) is 1. The van der Waals surface area contributed by atoms with E-state index in [0.29, 0.717) is 6.54 Å². The van der Waals surface area contributed by atoms with Crippen LogP contribution in [-0.2, 0) is 19.5 Å². The highest BCUT2D eigenvalue weighted by Gasteiger charge is 2.16. The average molecular weight is 441 g/mol. The molecule has 174 valence electrons. The van der Waals surface area contributed by atoms with E-state index < -0.39 is 0 Å². The van der Waals surface area contributed by atoms with Crippen LogP contribution >= 0.6 is 0 Å². The van der Waals surface area contributed by atoms with Crippen molar-refractivity contribution in [3.8, 4) is 11.5 Å². The second-order valence-electron chi connectivity index (χ2n) is 8.12. The van der Waals surface area contributed by atoms with Gasteiger partial charge in [0.25, 0.3) is 0 Å². The number of benzene rings is 2. The number of hydrogen-bond acceptors (Lipinski definition) is 5. The van der Waals surface area contributed by atoms with Crippen molar-refractivity contribution in [2.45, 2.75) is 38.5 Å². The highest BCUT2D eigenvalue weighted by Crippen LogP contribution is 2.27. The van der Waals surface area contributed by atoms with Crippen molar-refractivity contribution in [2.75, 3.05) is 40.9 Å². The van der Waals surface area contributed by atoms with Gasteiger partial charge in [0, 0.05) is 39.8 Å². The van der Waals surface area contributed by atoms with Gasteiger partial charge in [-0.3, -0.25) is 9.89 Å². The van der Waals surface area contributed by atoms with E-state index >= 15 is 0 Å². The molecule has 0 spiro atoms. The number of aliphatic hydroxyl groups is 1. The highest BCUT2D eigenvalue weighted by molar-refractivity contribution is 5.79. The Labute approximate surface area is 191 Å². The summed E-state index contributed by atoms with van der Waals surface area (Å²) in [5.41, 5.74) is 3.69. The topological polar surface area (TPSA) is 78.4 Å². The lowest BCUT2D eigenvalue weighted by Crippen LogP contribution is -2.37. The highest BCUT2D eigenvalue weighted by atomic mass is 16.5. The smallest absolute Gasteiger partial charge is 0.191 e. The Kier molecular flexibility index (Phi) is 9.19. The van der Waals surface area contributed by atoms with Gasteiger partial charge in [-0.1, -0.05) is 30.3 Å². The lowest BCUT2D eigenvalue weighted by atomic mass is 10.1. The summed E-state index contributed by atoms with van der Waals surface area (Å²) < 4.78 is 10.7. The van der Waals surface area contributed by atoms with Gasteiger partial charge >= 0.3 is 0 Å². The average Bonchev–Trinajstić information content (AvgIpc) is 2.83. The first-order valence-electron chi connectivity index (χ1n) is 11.2. The molecule has 0 aliphatic carbocycles. The fraction of sp³-hybridized carbons (Fsp3) is 0.480. The van der Waals surface area contributed by atoms with Gasteiger partial charge in [-0.25, -0.2) is 0 Å². The minimum absolute atomic E-state index is 0.123. The summed E-state index contributed by atoms with van der Waals surface area (Å²) in [5, 5.41) is 16.4. The maximum atomic E-state index is 9.65. The van der Waals surface area contributed by atoms with E-state index in [1.54, 1.807) is 21.3 Å². The zero-order chi connectivity index (χ0) is 22.8. The molecule has 0 radical (unpaired) electrons. The molecule has 0 unspecified atom stereocenters. The first kappa shape index (κ1) is 23.9. The van der Waals surface area contributed by atoms with E-state index in [1.807, 2.05) is 18.2 Å². The fourth-order valence-corrected chi connectivity index (χ4v) is 3.87. The van der Waals surface area contributed by atoms with E-state index in [1.165, 1.54) is 16.7 Å². The molecule has 3 N–H and O–H groups in total. The van der Waals surface area contributed by atoms with Crippen LogP contribution in [0.2, 0.25) is 0 Å². The van der Waals surface area contributed by atoms with E-state index in [-0.39, 0.29) is 6.10 Å². The number of hydrogen-bond donors (Lipinski definition) is 3. The summed E-state index contributed by atoms with van der Waals surface area (Å²) >= 11 is 0. The van der Waals surface area contributed by atoms with Gasteiger partial charge in [0.05, 0.1) is 20.3 Å². The van der Waals surface area contributed by atoms with Gasteiger partial charge in [0.15, 0.2) is 17.5 Å². The molecule has 1 aliphatic rings. The number of piperidine rings is 1. The second kappa shape index (κ2) is 12.3. The third-order valence-electron chi connectivity index (χ3n) is 5.82. The Morgan fingerprint density at radius 2 is 1.62 bits per heavy atom. The zero-order valence-corrected chi connectivity index (χ0v) is 19.4. The molecule has 2 aromatic carbocycles. The van der Waals surface area contributed by atoms with E-state index in [0.717, 1.165) is 62.9 Å². The van der Waals surface area contributed by atoms with Crippen LogP contribution in [0.15, 0.2) is 47.5 Å². The van der Waals surface area contributed by atoms with Crippen LogP contribution in [0.4, 0.5) is 0 Å². The van der Waals surface area contributed by atoms with Crippen LogP contribution in [0.5, 0.6) is 11.5 Å². The molecule has 7 heteroatoms. The number of aliphatic hydroxyl groups excluding tert-OH is 1. The monoisotopic (exact) mass is 440 g/mol. The second-order valence-corrected chi connectivity index (χ2v) is 8.12. The SMILES string of the molecule is CN=C(NCCc1ccc(OC)c(OC)c1)NCc1ccc(CN2CCC(O)CC2)cc1. The van der Waals surface area contributed by atoms with Crippen molar-refractivity contribution in [3.05, 3.63) is 59.2 Å². The van der Waals surface area contributed by atoms with Crippen molar-refractivity contribution < 1.29 is 14.6 Å². The Morgan fingerprint density at radius 1 is 0.969 bits per heavy atom. The molecule has 1 aliphatic heterocycles. The molecule has 0 saturated carbocycles. The number of nitrogens with zero attached hydrogens (tertiary/aromatic N) is 2. The molecule has 0 atom stereocenters. The molecule has 3 rings (SSSR count). The fourth-order valence-electron chi connectivity index (χ4n) is 3.87. The van der Waals surface area contributed by atoms with Crippen LogP contribution < -0.4 is 20.1 Å². The number of aliphatic imine (C=N–C) groups is 1. The maximum absolute atomic E-state index is 9.65. The van der Waals surface area contributed by atoms with Crippen molar-refractivity contribution in [3.63, 3.8) is 0 Å². The molecular weight excluding hydrogens is 404 g/mol. The van der Waals surface area contributed by atoms with Crippen LogP contribution in [0, 0.1) is 0 Å². The minimum atomic E-state index is -0.123. The van der Waals surface area contributed by atoms with E-state index in [9.17, 15) is 5.11 Å². The number of nitrogens with one attached hydrogen (secondary N) is 2. The van der Waals surface area contributed by atoms with Crippen molar-refractivity contribution in [1.29, 1.82) is 0 Å². The van der Waals surface area contributed by atoms with Gasteiger partial charge in [0.2, 0.25) is 0 Å². The Bertz CT molecular complexity index is 862. The van der Waals surface area contributed by atoms with Gasteiger partial charge in [-0.05, 0) is 48.1 Å². The standard InChI is InChI=1S/C25H36N4O3/c1-26-25(27-13-10-19-8-9-23(31-2)24(16-19)32-3)28-17-20-4-6-21(7-5-20)18-29-14-11-22(30)12-15-29/h4-9,16,22,30H,10-15,17-18H2,1-3H3,(H2,26,27,28). The summed E-state index contributed by atoms with van der Waals surface area (Å²) in [5.74, 6) is 2.26. The number of methoxy groups -OCH3 is 2. The third-order valence-corrected chi connectivity index (χ3v) is 5.82.